The number of amides is 1. The largest absolute Gasteiger partial charge is 0.351 e. The first-order valence-corrected chi connectivity index (χ1v) is 6.87. The summed E-state index contributed by atoms with van der Waals surface area (Å²) < 4.78 is 0. The Hall–Kier alpha value is -1.27. The molecule has 0 aliphatic rings. The van der Waals surface area contributed by atoms with Gasteiger partial charge in [0.05, 0.1) is 4.92 Å². The van der Waals surface area contributed by atoms with Crippen LogP contribution >= 0.6 is 23.4 Å². The van der Waals surface area contributed by atoms with Crippen LogP contribution in [0.4, 0.5) is 5.69 Å². The Balaban J connectivity index is 2.80. The minimum Gasteiger partial charge on any atom is -0.351 e. The first-order chi connectivity index (χ1) is 8.45. The fourth-order valence-corrected chi connectivity index (χ4v) is 1.65. The SMILES string of the molecule is CSC(C)CNC(=O)c1ccc(Cl)c([N+](=O)[O-])c1. The monoisotopic (exact) mass is 288 g/mol. The van der Waals surface area contributed by atoms with Gasteiger partial charge in [0.2, 0.25) is 0 Å². The van der Waals surface area contributed by atoms with Crippen molar-refractivity contribution in [1.29, 1.82) is 0 Å². The van der Waals surface area contributed by atoms with Gasteiger partial charge in [0.1, 0.15) is 5.02 Å². The third-order valence-corrected chi connectivity index (χ3v) is 3.65. The molecule has 0 fully saturated rings. The van der Waals surface area contributed by atoms with Crippen LogP contribution in [-0.4, -0.2) is 28.9 Å². The molecule has 0 aliphatic carbocycles. The Morgan fingerprint density at radius 3 is 2.83 bits per heavy atom. The summed E-state index contributed by atoms with van der Waals surface area (Å²) >= 11 is 7.30. The topological polar surface area (TPSA) is 72.2 Å². The van der Waals surface area contributed by atoms with Crippen LogP contribution in [-0.2, 0) is 0 Å². The van der Waals surface area contributed by atoms with Crippen molar-refractivity contribution in [1.82, 2.24) is 5.32 Å². The molecule has 1 N–H and O–H groups in total. The van der Waals surface area contributed by atoms with Crippen LogP contribution in [0.3, 0.4) is 0 Å². The van der Waals surface area contributed by atoms with Gasteiger partial charge >= 0.3 is 0 Å². The smallest absolute Gasteiger partial charge is 0.288 e. The molecule has 0 bridgehead atoms. The Labute approximate surface area is 114 Å². The van der Waals surface area contributed by atoms with Crippen molar-refractivity contribution in [3.05, 3.63) is 38.9 Å². The predicted octanol–water partition coefficient (Wildman–Crippen LogP) is 2.73. The molecule has 5 nitrogen and oxygen atoms in total. The van der Waals surface area contributed by atoms with Gasteiger partial charge < -0.3 is 5.32 Å². The molecule has 1 amide bonds. The van der Waals surface area contributed by atoms with Crippen molar-refractivity contribution >= 4 is 35.0 Å². The molecule has 0 radical (unpaired) electrons. The van der Waals surface area contributed by atoms with E-state index in [-0.39, 0.29) is 27.4 Å². The summed E-state index contributed by atoms with van der Waals surface area (Å²) in [4.78, 5) is 21.9. The van der Waals surface area contributed by atoms with Crippen LogP contribution in [0.2, 0.25) is 5.02 Å². The number of carbonyl (C=O) groups excluding carboxylic acids is 1. The molecule has 0 aromatic heterocycles. The molecular formula is C11H13ClN2O3S. The van der Waals surface area contributed by atoms with Gasteiger partial charge in [-0.3, -0.25) is 14.9 Å². The number of thioether (sulfide) groups is 1. The standard InChI is InChI=1S/C11H13ClN2O3S/c1-7(18-2)6-13-11(15)8-3-4-9(12)10(5-8)14(16)17/h3-5,7H,6H2,1-2H3,(H,13,15). The summed E-state index contributed by atoms with van der Waals surface area (Å²) in [5.74, 6) is -0.337. The summed E-state index contributed by atoms with van der Waals surface area (Å²) in [7, 11) is 0. The van der Waals surface area contributed by atoms with E-state index in [0.717, 1.165) is 0 Å². The van der Waals surface area contributed by atoms with Gasteiger partial charge in [0.25, 0.3) is 11.6 Å². The Morgan fingerprint density at radius 2 is 2.28 bits per heavy atom. The van der Waals surface area contributed by atoms with Crippen LogP contribution in [0.1, 0.15) is 17.3 Å². The molecule has 1 aromatic carbocycles. The minimum atomic E-state index is -0.608. The van der Waals surface area contributed by atoms with Crippen molar-refractivity contribution < 1.29 is 9.72 Å². The molecule has 18 heavy (non-hydrogen) atoms. The van der Waals surface area contributed by atoms with Crippen LogP contribution in [0.5, 0.6) is 0 Å². The summed E-state index contributed by atoms with van der Waals surface area (Å²) in [5.41, 5.74) is -0.0263. The molecule has 0 saturated heterocycles. The number of hydrogen-bond donors (Lipinski definition) is 1. The van der Waals surface area contributed by atoms with E-state index in [1.54, 1.807) is 11.8 Å². The highest BCUT2D eigenvalue weighted by Gasteiger charge is 2.16. The zero-order valence-corrected chi connectivity index (χ0v) is 11.5. The van der Waals surface area contributed by atoms with E-state index >= 15 is 0 Å². The van der Waals surface area contributed by atoms with Gasteiger partial charge in [-0.1, -0.05) is 18.5 Å². The molecule has 1 atom stereocenters. The first-order valence-electron chi connectivity index (χ1n) is 5.20. The van der Waals surface area contributed by atoms with Gasteiger partial charge in [0, 0.05) is 23.4 Å². The van der Waals surface area contributed by atoms with Gasteiger partial charge in [-0.15, -0.1) is 0 Å². The Morgan fingerprint density at radius 1 is 1.61 bits per heavy atom. The van der Waals surface area contributed by atoms with Crippen molar-refractivity contribution in [2.45, 2.75) is 12.2 Å². The van der Waals surface area contributed by atoms with E-state index in [2.05, 4.69) is 5.32 Å². The molecular weight excluding hydrogens is 276 g/mol. The Kier molecular flexibility index (Phi) is 5.43. The maximum Gasteiger partial charge on any atom is 0.288 e. The van der Waals surface area contributed by atoms with E-state index < -0.39 is 4.92 Å². The highest BCUT2D eigenvalue weighted by molar-refractivity contribution is 7.99. The number of hydrogen-bond acceptors (Lipinski definition) is 4. The average molecular weight is 289 g/mol. The van der Waals surface area contributed by atoms with Crippen LogP contribution in [0, 0.1) is 10.1 Å². The van der Waals surface area contributed by atoms with Crippen molar-refractivity contribution in [3.63, 3.8) is 0 Å². The highest BCUT2D eigenvalue weighted by atomic mass is 35.5. The molecule has 1 rings (SSSR count). The molecule has 1 aromatic rings. The fourth-order valence-electron chi connectivity index (χ4n) is 1.22. The molecule has 98 valence electrons. The number of nitro benzene ring substituents is 1. The molecule has 7 heteroatoms. The van der Waals surface area contributed by atoms with Crippen LogP contribution in [0.15, 0.2) is 18.2 Å². The minimum absolute atomic E-state index is 0.0223. The van der Waals surface area contributed by atoms with Gasteiger partial charge in [-0.05, 0) is 18.4 Å². The number of carbonyl (C=O) groups is 1. The van der Waals surface area contributed by atoms with E-state index in [1.807, 2.05) is 13.2 Å². The van der Waals surface area contributed by atoms with E-state index in [4.69, 9.17) is 11.6 Å². The fraction of sp³-hybridized carbons (Fsp3) is 0.364. The number of halogens is 1. The third kappa shape index (κ3) is 3.89. The summed E-state index contributed by atoms with van der Waals surface area (Å²) in [6.07, 6.45) is 1.95. The lowest BCUT2D eigenvalue weighted by molar-refractivity contribution is -0.384. The number of rotatable bonds is 5. The van der Waals surface area contributed by atoms with E-state index in [1.165, 1.54) is 18.2 Å². The van der Waals surface area contributed by atoms with Crippen LogP contribution < -0.4 is 5.32 Å². The molecule has 1 unspecified atom stereocenters. The highest BCUT2D eigenvalue weighted by Crippen LogP contribution is 2.24. The normalized spacial score (nSPS) is 11.9. The lowest BCUT2D eigenvalue weighted by Gasteiger charge is -2.09. The molecule has 0 saturated carbocycles. The first kappa shape index (κ1) is 14.8. The maximum absolute atomic E-state index is 11.8. The lowest BCUT2D eigenvalue weighted by Crippen LogP contribution is -2.29. The van der Waals surface area contributed by atoms with Crippen molar-refractivity contribution in [2.75, 3.05) is 12.8 Å². The predicted molar refractivity (Wildman–Crippen MR) is 73.4 cm³/mol. The second-order valence-corrected chi connectivity index (χ2v) is 5.36. The lowest BCUT2D eigenvalue weighted by atomic mass is 10.2. The zero-order chi connectivity index (χ0) is 13.7. The zero-order valence-electron chi connectivity index (χ0n) is 9.97. The van der Waals surface area contributed by atoms with E-state index in [9.17, 15) is 14.9 Å². The van der Waals surface area contributed by atoms with E-state index in [0.29, 0.717) is 6.54 Å². The van der Waals surface area contributed by atoms with Gasteiger partial charge in [-0.2, -0.15) is 11.8 Å². The average Bonchev–Trinajstić information content (AvgIpc) is 2.35. The number of benzene rings is 1. The second-order valence-electron chi connectivity index (χ2n) is 3.68. The molecule has 0 aliphatic heterocycles. The molecule has 0 heterocycles. The number of nitro groups is 1. The summed E-state index contributed by atoms with van der Waals surface area (Å²) in [6, 6.07) is 4.00. The summed E-state index contributed by atoms with van der Waals surface area (Å²) in [6.45, 7) is 2.49. The second kappa shape index (κ2) is 6.61. The van der Waals surface area contributed by atoms with Gasteiger partial charge in [0.15, 0.2) is 0 Å². The Bertz CT molecular complexity index is 468. The van der Waals surface area contributed by atoms with Gasteiger partial charge in [-0.25, -0.2) is 0 Å². The number of nitrogens with zero attached hydrogens (tertiary/aromatic N) is 1. The maximum atomic E-state index is 11.8. The quantitative estimate of drug-likeness (QED) is 0.668. The van der Waals surface area contributed by atoms with Crippen molar-refractivity contribution in [3.8, 4) is 0 Å². The number of nitrogens with one attached hydrogen (secondary N) is 1. The third-order valence-electron chi connectivity index (χ3n) is 2.36. The van der Waals surface area contributed by atoms with Crippen LogP contribution in [0.25, 0.3) is 0 Å². The molecule has 0 spiro atoms. The van der Waals surface area contributed by atoms with Crippen molar-refractivity contribution in [2.24, 2.45) is 0 Å². The summed E-state index contributed by atoms with van der Waals surface area (Å²) in [5, 5.41) is 13.7.